The molecular weight excluding hydrogens is 592 g/mol. The second-order valence-electron chi connectivity index (χ2n) is 12.4. The van der Waals surface area contributed by atoms with Gasteiger partial charge >= 0.3 is 5.97 Å². The van der Waals surface area contributed by atoms with Crippen LogP contribution in [0.2, 0.25) is 0 Å². The van der Waals surface area contributed by atoms with Gasteiger partial charge in [0.25, 0.3) is 0 Å². The first-order valence-electron chi connectivity index (χ1n) is 14.9. The van der Waals surface area contributed by atoms with Crippen LogP contribution in [0.15, 0.2) is 21.0 Å². The summed E-state index contributed by atoms with van der Waals surface area (Å²) in [6.07, 6.45) is 5.45. The topological polar surface area (TPSA) is 125 Å². The number of amides is 1. The largest absolute Gasteiger partial charge is 0.460 e. The third-order valence-corrected chi connectivity index (χ3v) is 8.56. The molecule has 0 radical (unpaired) electrons. The number of thioether (sulfide) groups is 1. The fourth-order valence-electron chi connectivity index (χ4n) is 4.15. The van der Waals surface area contributed by atoms with Gasteiger partial charge in [-0.15, -0.1) is 11.8 Å². The van der Waals surface area contributed by atoms with Gasteiger partial charge in [0, 0.05) is 17.9 Å². The molecule has 1 aliphatic heterocycles. The summed E-state index contributed by atoms with van der Waals surface area (Å²) >= 11 is 3.08. The second kappa shape index (κ2) is 17.5. The Morgan fingerprint density at radius 3 is 2.26 bits per heavy atom. The smallest absolute Gasteiger partial charge is 0.308 e. The number of ether oxygens (including phenoxy) is 4. The molecule has 0 unspecified atom stereocenters. The highest BCUT2D eigenvalue weighted by molar-refractivity contribution is 8.00. The predicted octanol–water partition coefficient (Wildman–Crippen LogP) is 5.15. The Balaban J connectivity index is 1.18. The summed E-state index contributed by atoms with van der Waals surface area (Å²) in [6, 6.07) is 0. The molecule has 3 heterocycles. The van der Waals surface area contributed by atoms with Gasteiger partial charge in [-0.2, -0.15) is 0 Å². The SMILES string of the molecule is CC(C)(C)OC(=O)CCOCCOCCOCCN1CCC(C(=O)Nc2ncc(SCc3ncc(C(C)(C)C)o3)s2)CC1. The number of nitrogens with zero attached hydrogens (tertiary/aromatic N) is 3. The molecule has 3 rings (SSSR count). The molecule has 0 aliphatic carbocycles. The summed E-state index contributed by atoms with van der Waals surface area (Å²) in [6.45, 7) is 17.2. The van der Waals surface area contributed by atoms with Gasteiger partial charge < -0.3 is 33.6 Å². The normalized spacial score (nSPS) is 15.1. The lowest BCUT2D eigenvalue weighted by Crippen LogP contribution is -2.39. The Bertz CT molecular complexity index is 1120. The lowest BCUT2D eigenvalue weighted by atomic mass is 9.94. The lowest BCUT2D eigenvalue weighted by molar-refractivity contribution is -0.156. The molecule has 2 aromatic rings. The fourth-order valence-corrected chi connectivity index (χ4v) is 5.88. The van der Waals surface area contributed by atoms with Crippen molar-refractivity contribution in [2.24, 2.45) is 5.92 Å². The van der Waals surface area contributed by atoms with Gasteiger partial charge in [0.05, 0.1) is 68.4 Å². The number of nitrogens with one attached hydrogen (secondary N) is 1. The second-order valence-corrected chi connectivity index (χ2v) is 14.7. The Kier molecular flexibility index (Phi) is 14.4. The molecule has 1 N–H and O–H groups in total. The van der Waals surface area contributed by atoms with Gasteiger partial charge in [0.1, 0.15) is 11.4 Å². The summed E-state index contributed by atoms with van der Waals surface area (Å²) in [7, 11) is 0. The molecule has 0 spiro atoms. The van der Waals surface area contributed by atoms with Crippen LogP contribution < -0.4 is 5.32 Å². The Hall–Kier alpha value is -2.03. The van der Waals surface area contributed by atoms with Gasteiger partial charge in [-0.25, -0.2) is 9.97 Å². The van der Waals surface area contributed by atoms with Crippen molar-refractivity contribution in [1.82, 2.24) is 14.9 Å². The van der Waals surface area contributed by atoms with E-state index in [1.807, 2.05) is 20.8 Å². The fraction of sp³-hybridized carbons (Fsp3) is 0.733. The third kappa shape index (κ3) is 14.1. The maximum Gasteiger partial charge on any atom is 0.308 e. The highest BCUT2D eigenvalue weighted by atomic mass is 32.2. The predicted molar refractivity (Wildman–Crippen MR) is 168 cm³/mol. The number of thiazole rings is 1. The van der Waals surface area contributed by atoms with Crippen LogP contribution in [0.5, 0.6) is 0 Å². The molecule has 2 aromatic heterocycles. The van der Waals surface area contributed by atoms with E-state index in [4.69, 9.17) is 23.4 Å². The molecule has 1 aliphatic rings. The number of hydrogen-bond donors (Lipinski definition) is 1. The average Bonchev–Trinajstić information content (AvgIpc) is 3.59. The van der Waals surface area contributed by atoms with Crippen LogP contribution in [0, 0.1) is 5.92 Å². The van der Waals surface area contributed by atoms with Gasteiger partial charge in [-0.05, 0) is 46.7 Å². The summed E-state index contributed by atoms with van der Waals surface area (Å²) < 4.78 is 28.7. The van der Waals surface area contributed by atoms with Gasteiger partial charge in [-0.1, -0.05) is 32.1 Å². The molecular formula is C30H48N4O7S2. The van der Waals surface area contributed by atoms with Gasteiger partial charge in [-0.3, -0.25) is 9.59 Å². The zero-order valence-corrected chi connectivity index (χ0v) is 28.1. The van der Waals surface area contributed by atoms with Crippen molar-refractivity contribution in [2.45, 2.75) is 81.8 Å². The molecule has 0 aromatic carbocycles. The molecule has 0 bridgehead atoms. The standard InChI is InChI=1S/C30H48N4O7S2/c1-29(2,3)23-19-31-24(40-23)21-42-26-20-32-28(43-26)33-27(36)22-7-10-34(11-8-22)12-14-38-16-18-39-17-15-37-13-9-25(35)41-30(4,5)6/h19-20,22H,7-18,21H2,1-6H3,(H,32,33,36). The van der Waals surface area contributed by atoms with E-state index >= 15 is 0 Å². The quantitative estimate of drug-likeness (QED) is 0.140. The van der Waals surface area contributed by atoms with E-state index in [9.17, 15) is 9.59 Å². The van der Waals surface area contributed by atoms with E-state index < -0.39 is 5.60 Å². The number of aromatic nitrogens is 2. The molecule has 13 heteroatoms. The number of hydrogen-bond acceptors (Lipinski definition) is 12. The minimum Gasteiger partial charge on any atom is -0.460 e. The maximum atomic E-state index is 12.8. The first-order valence-corrected chi connectivity index (χ1v) is 16.7. The maximum absolute atomic E-state index is 12.8. The Morgan fingerprint density at radius 1 is 0.977 bits per heavy atom. The van der Waals surface area contributed by atoms with Crippen molar-refractivity contribution < 1.29 is 33.0 Å². The van der Waals surface area contributed by atoms with Crippen molar-refractivity contribution in [3.63, 3.8) is 0 Å². The monoisotopic (exact) mass is 640 g/mol. The Morgan fingerprint density at radius 2 is 1.63 bits per heavy atom. The average molecular weight is 641 g/mol. The van der Waals surface area contributed by atoms with E-state index in [1.54, 1.807) is 24.2 Å². The van der Waals surface area contributed by atoms with Crippen molar-refractivity contribution in [1.29, 1.82) is 0 Å². The summed E-state index contributed by atoms with van der Waals surface area (Å²) in [5, 5.41) is 3.62. The van der Waals surface area contributed by atoms with E-state index in [0.717, 1.165) is 42.4 Å². The van der Waals surface area contributed by atoms with Crippen molar-refractivity contribution in [3.05, 3.63) is 24.0 Å². The van der Waals surface area contributed by atoms with E-state index in [2.05, 4.69) is 41.0 Å². The van der Waals surface area contributed by atoms with Crippen LogP contribution >= 0.6 is 23.1 Å². The van der Waals surface area contributed by atoms with E-state index in [0.29, 0.717) is 56.4 Å². The molecule has 43 heavy (non-hydrogen) atoms. The molecule has 0 atom stereocenters. The summed E-state index contributed by atoms with van der Waals surface area (Å²) in [5.41, 5.74) is -0.541. The lowest BCUT2D eigenvalue weighted by Gasteiger charge is -2.30. The minimum absolute atomic E-state index is 0.0138. The highest BCUT2D eigenvalue weighted by Gasteiger charge is 2.25. The number of rotatable bonds is 17. The summed E-state index contributed by atoms with van der Waals surface area (Å²) in [5.74, 6) is 1.94. The zero-order chi connectivity index (χ0) is 31.3. The Labute approximate surface area is 263 Å². The number of esters is 1. The number of likely N-dealkylation sites (tertiary alicyclic amines) is 1. The molecule has 0 saturated carbocycles. The number of carbonyl (C=O) groups excluding carboxylic acids is 2. The van der Waals surface area contributed by atoms with E-state index in [-0.39, 0.29) is 29.6 Å². The highest BCUT2D eigenvalue weighted by Crippen LogP contribution is 2.32. The molecule has 1 amide bonds. The van der Waals surface area contributed by atoms with Crippen molar-refractivity contribution in [2.75, 3.05) is 64.6 Å². The summed E-state index contributed by atoms with van der Waals surface area (Å²) in [4.78, 5) is 35.5. The van der Waals surface area contributed by atoms with E-state index in [1.165, 1.54) is 11.3 Å². The van der Waals surface area contributed by atoms with Crippen molar-refractivity contribution >= 4 is 40.1 Å². The molecule has 242 valence electrons. The number of oxazole rings is 1. The third-order valence-electron chi connectivity index (χ3n) is 6.47. The van der Waals surface area contributed by atoms with Gasteiger partial charge in [0.2, 0.25) is 11.8 Å². The molecule has 11 nitrogen and oxygen atoms in total. The van der Waals surface area contributed by atoms with Crippen LogP contribution in [-0.2, 0) is 39.7 Å². The minimum atomic E-state index is -0.474. The number of anilines is 1. The number of carbonyl (C=O) groups is 2. The number of piperidine rings is 1. The van der Waals surface area contributed by atoms with Crippen LogP contribution in [0.1, 0.15) is 72.5 Å². The first-order chi connectivity index (χ1) is 20.4. The van der Waals surface area contributed by atoms with Crippen LogP contribution in [-0.4, -0.2) is 91.6 Å². The zero-order valence-electron chi connectivity index (χ0n) is 26.4. The van der Waals surface area contributed by atoms with Crippen LogP contribution in [0.3, 0.4) is 0 Å². The van der Waals surface area contributed by atoms with Crippen LogP contribution in [0.4, 0.5) is 5.13 Å². The van der Waals surface area contributed by atoms with Gasteiger partial charge in [0.15, 0.2) is 5.13 Å². The molecule has 1 saturated heterocycles. The molecule has 1 fully saturated rings. The van der Waals surface area contributed by atoms with Crippen molar-refractivity contribution in [3.8, 4) is 0 Å². The van der Waals surface area contributed by atoms with Crippen LogP contribution in [0.25, 0.3) is 0 Å². The first kappa shape index (κ1) is 35.4.